The molecule has 0 aliphatic carbocycles. The number of nitrogens with zero attached hydrogens (tertiary/aromatic N) is 2. The average Bonchev–Trinajstić information content (AvgIpc) is 2.91. The van der Waals surface area contributed by atoms with Crippen molar-refractivity contribution in [1.29, 1.82) is 0 Å². The molecule has 2 heterocycles. The number of pyridine rings is 1. The molecule has 1 saturated heterocycles. The molecule has 0 spiro atoms. The van der Waals surface area contributed by atoms with E-state index in [1.54, 1.807) is 0 Å². The van der Waals surface area contributed by atoms with Gasteiger partial charge in [-0.3, -0.25) is 4.79 Å². The van der Waals surface area contributed by atoms with Crippen molar-refractivity contribution >= 4 is 11.7 Å². The van der Waals surface area contributed by atoms with E-state index in [1.807, 2.05) is 31.0 Å². The van der Waals surface area contributed by atoms with E-state index in [9.17, 15) is 4.79 Å². The summed E-state index contributed by atoms with van der Waals surface area (Å²) in [6.45, 7) is 8.14. The second-order valence-corrected chi connectivity index (χ2v) is 5.82. The number of aryl methyl sites for hydroxylation is 1. The van der Waals surface area contributed by atoms with E-state index in [-0.39, 0.29) is 5.91 Å². The van der Waals surface area contributed by atoms with Crippen LogP contribution in [0.15, 0.2) is 12.1 Å². The quantitative estimate of drug-likeness (QED) is 0.918. The molecule has 1 fully saturated rings. The molecule has 110 valence electrons. The molecule has 20 heavy (non-hydrogen) atoms. The second-order valence-electron chi connectivity index (χ2n) is 5.82. The van der Waals surface area contributed by atoms with Gasteiger partial charge in [0.1, 0.15) is 5.82 Å². The Morgan fingerprint density at radius 3 is 2.65 bits per heavy atom. The SMILES string of the molecule is CCC1(CC)CCN(C(=O)c2cc(C)nc(NC)c2)C1. The van der Waals surface area contributed by atoms with Crippen LogP contribution in [0.1, 0.15) is 49.2 Å². The van der Waals surface area contributed by atoms with E-state index >= 15 is 0 Å². The van der Waals surface area contributed by atoms with E-state index in [2.05, 4.69) is 24.1 Å². The maximum Gasteiger partial charge on any atom is 0.254 e. The Bertz CT molecular complexity index is 494. The van der Waals surface area contributed by atoms with Gasteiger partial charge in [-0.25, -0.2) is 4.98 Å². The largest absolute Gasteiger partial charge is 0.373 e. The van der Waals surface area contributed by atoms with Gasteiger partial charge in [-0.05, 0) is 43.7 Å². The summed E-state index contributed by atoms with van der Waals surface area (Å²) in [6, 6.07) is 3.72. The van der Waals surface area contributed by atoms with E-state index in [4.69, 9.17) is 0 Å². The zero-order chi connectivity index (χ0) is 14.8. The van der Waals surface area contributed by atoms with Crippen molar-refractivity contribution in [1.82, 2.24) is 9.88 Å². The summed E-state index contributed by atoms with van der Waals surface area (Å²) in [5.41, 5.74) is 1.94. The zero-order valence-corrected chi connectivity index (χ0v) is 13.0. The summed E-state index contributed by atoms with van der Waals surface area (Å²) < 4.78 is 0. The van der Waals surface area contributed by atoms with Crippen molar-refractivity contribution in [3.63, 3.8) is 0 Å². The summed E-state index contributed by atoms with van der Waals surface area (Å²) in [7, 11) is 1.82. The number of carbonyl (C=O) groups excluding carboxylic acids is 1. The Kier molecular flexibility index (Phi) is 4.31. The fraction of sp³-hybridized carbons (Fsp3) is 0.625. The summed E-state index contributed by atoms with van der Waals surface area (Å²) in [4.78, 5) is 19.0. The van der Waals surface area contributed by atoms with Crippen LogP contribution >= 0.6 is 0 Å². The average molecular weight is 275 g/mol. The Balaban J connectivity index is 2.19. The summed E-state index contributed by atoms with van der Waals surface area (Å²) in [6.07, 6.45) is 3.41. The predicted molar refractivity (Wildman–Crippen MR) is 82.1 cm³/mol. The van der Waals surface area contributed by atoms with Crippen LogP contribution in [-0.2, 0) is 0 Å². The van der Waals surface area contributed by atoms with Gasteiger partial charge in [-0.1, -0.05) is 13.8 Å². The Hall–Kier alpha value is -1.58. The molecule has 1 aromatic rings. The first-order valence-electron chi connectivity index (χ1n) is 7.49. The van der Waals surface area contributed by atoms with Gasteiger partial charge in [0.05, 0.1) is 0 Å². The molecule has 4 heteroatoms. The van der Waals surface area contributed by atoms with Gasteiger partial charge in [0, 0.05) is 31.4 Å². The van der Waals surface area contributed by atoms with Crippen LogP contribution in [0.2, 0.25) is 0 Å². The van der Waals surface area contributed by atoms with Crippen molar-refractivity contribution in [2.75, 3.05) is 25.5 Å². The molecule has 2 rings (SSSR count). The molecule has 0 aromatic carbocycles. The standard InChI is InChI=1S/C16H25N3O/c1-5-16(6-2)7-8-19(11-16)15(20)13-9-12(3)18-14(10-13)17-4/h9-10H,5-8,11H2,1-4H3,(H,17,18). The highest BCUT2D eigenvalue weighted by atomic mass is 16.2. The molecule has 0 unspecified atom stereocenters. The van der Waals surface area contributed by atoms with Crippen molar-refractivity contribution < 1.29 is 4.79 Å². The molecule has 1 N–H and O–H groups in total. The number of likely N-dealkylation sites (tertiary alicyclic amines) is 1. The van der Waals surface area contributed by atoms with Gasteiger partial charge in [0.25, 0.3) is 5.91 Å². The summed E-state index contributed by atoms with van der Waals surface area (Å²) >= 11 is 0. The smallest absolute Gasteiger partial charge is 0.254 e. The van der Waals surface area contributed by atoms with Crippen molar-refractivity contribution in [2.45, 2.75) is 40.0 Å². The molecule has 1 aliphatic heterocycles. The van der Waals surface area contributed by atoms with E-state index in [1.165, 1.54) is 0 Å². The van der Waals surface area contributed by atoms with Crippen LogP contribution in [0.5, 0.6) is 0 Å². The third-order valence-corrected chi connectivity index (χ3v) is 4.68. The van der Waals surface area contributed by atoms with Crippen LogP contribution < -0.4 is 5.32 Å². The highest BCUT2D eigenvalue weighted by Crippen LogP contribution is 2.37. The van der Waals surface area contributed by atoms with Gasteiger partial charge in [0.15, 0.2) is 0 Å². The maximum atomic E-state index is 12.7. The van der Waals surface area contributed by atoms with Crippen molar-refractivity contribution in [3.05, 3.63) is 23.4 Å². The van der Waals surface area contributed by atoms with Crippen molar-refractivity contribution in [2.24, 2.45) is 5.41 Å². The molecule has 0 atom stereocenters. The first-order valence-corrected chi connectivity index (χ1v) is 7.49. The lowest BCUT2D eigenvalue weighted by atomic mass is 9.82. The predicted octanol–water partition coefficient (Wildman–Crippen LogP) is 3.08. The number of anilines is 1. The van der Waals surface area contributed by atoms with Crippen LogP contribution in [0.25, 0.3) is 0 Å². The third kappa shape index (κ3) is 2.79. The lowest BCUT2D eigenvalue weighted by Crippen LogP contribution is -2.31. The maximum absolute atomic E-state index is 12.7. The van der Waals surface area contributed by atoms with Crippen LogP contribution in [0, 0.1) is 12.3 Å². The number of amides is 1. The Labute approximate surface area is 121 Å². The number of hydrogen-bond acceptors (Lipinski definition) is 3. The Morgan fingerprint density at radius 2 is 2.10 bits per heavy atom. The van der Waals surface area contributed by atoms with Gasteiger partial charge in [-0.15, -0.1) is 0 Å². The molecular formula is C16H25N3O. The fourth-order valence-corrected chi connectivity index (χ4v) is 3.04. The molecule has 4 nitrogen and oxygen atoms in total. The van der Waals surface area contributed by atoms with E-state index in [0.717, 1.165) is 49.4 Å². The number of rotatable bonds is 4. The van der Waals surface area contributed by atoms with Gasteiger partial charge in [0.2, 0.25) is 0 Å². The number of nitrogens with one attached hydrogen (secondary N) is 1. The second kappa shape index (κ2) is 5.81. The number of aromatic nitrogens is 1. The van der Waals surface area contributed by atoms with E-state index in [0.29, 0.717) is 5.41 Å². The van der Waals surface area contributed by atoms with Gasteiger partial charge >= 0.3 is 0 Å². The lowest BCUT2D eigenvalue weighted by Gasteiger charge is -2.26. The fourth-order valence-electron chi connectivity index (χ4n) is 3.04. The number of carbonyl (C=O) groups is 1. The van der Waals surface area contributed by atoms with Gasteiger partial charge < -0.3 is 10.2 Å². The van der Waals surface area contributed by atoms with Crippen LogP contribution in [0.4, 0.5) is 5.82 Å². The topological polar surface area (TPSA) is 45.2 Å². The number of hydrogen-bond donors (Lipinski definition) is 1. The molecular weight excluding hydrogens is 250 g/mol. The minimum Gasteiger partial charge on any atom is -0.373 e. The summed E-state index contributed by atoms with van der Waals surface area (Å²) in [5.74, 6) is 0.889. The highest BCUT2D eigenvalue weighted by Gasteiger charge is 2.37. The normalized spacial score (nSPS) is 17.3. The first kappa shape index (κ1) is 14.8. The molecule has 0 saturated carbocycles. The lowest BCUT2D eigenvalue weighted by molar-refractivity contribution is 0.0769. The van der Waals surface area contributed by atoms with Crippen LogP contribution in [0.3, 0.4) is 0 Å². The third-order valence-electron chi connectivity index (χ3n) is 4.68. The minimum absolute atomic E-state index is 0.135. The van der Waals surface area contributed by atoms with Gasteiger partial charge in [-0.2, -0.15) is 0 Å². The Morgan fingerprint density at radius 1 is 1.40 bits per heavy atom. The van der Waals surface area contributed by atoms with Crippen LogP contribution in [-0.4, -0.2) is 35.9 Å². The van der Waals surface area contributed by atoms with E-state index < -0.39 is 0 Å². The molecule has 1 amide bonds. The molecule has 1 aromatic heterocycles. The first-order chi connectivity index (χ1) is 9.53. The minimum atomic E-state index is 0.135. The highest BCUT2D eigenvalue weighted by molar-refractivity contribution is 5.95. The molecule has 1 aliphatic rings. The summed E-state index contributed by atoms with van der Waals surface area (Å²) in [5, 5.41) is 3.01. The van der Waals surface area contributed by atoms with Crippen molar-refractivity contribution in [3.8, 4) is 0 Å². The molecule has 0 radical (unpaired) electrons. The monoisotopic (exact) mass is 275 g/mol. The molecule has 0 bridgehead atoms. The zero-order valence-electron chi connectivity index (χ0n) is 13.0.